The molecule has 1 fully saturated rings. The molecule has 0 aliphatic carbocycles. The summed E-state index contributed by atoms with van der Waals surface area (Å²) in [5.41, 5.74) is 1.63. The van der Waals surface area contributed by atoms with Crippen LogP contribution >= 0.6 is 11.6 Å². The van der Waals surface area contributed by atoms with E-state index in [2.05, 4.69) is 10.1 Å². The Morgan fingerprint density at radius 1 is 1.21 bits per heavy atom. The van der Waals surface area contributed by atoms with Crippen LogP contribution in [0.2, 0.25) is 5.02 Å². The minimum absolute atomic E-state index is 0.0361. The molecule has 7 nitrogen and oxygen atoms in total. The van der Waals surface area contributed by atoms with Gasteiger partial charge < -0.3 is 18.9 Å². The van der Waals surface area contributed by atoms with E-state index in [9.17, 15) is 4.79 Å². The Kier molecular flexibility index (Phi) is 5.40. The van der Waals surface area contributed by atoms with Crippen molar-refractivity contribution in [2.45, 2.75) is 18.9 Å². The number of ether oxygens (including phenoxy) is 2. The number of rotatable bonds is 6. The van der Waals surface area contributed by atoms with E-state index in [1.807, 2.05) is 30.3 Å². The zero-order valence-corrected chi connectivity index (χ0v) is 16.8. The summed E-state index contributed by atoms with van der Waals surface area (Å²) < 4.78 is 16.1. The highest BCUT2D eigenvalue weighted by molar-refractivity contribution is 6.30. The van der Waals surface area contributed by atoms with Gasteiger partial charge in [-0.2, -0.15) is 4.98 Å². The molecule has 3 aromatic rings. The zero-order chi connectivity index (χ0) is 20.4. The Balaban J connectivity index is 1.50. The van der Waals surface area contributed by atoms with Crippen molar-refractivity contribution < 1.29 is 18.8 Å². The van der Waals surface area contributed by atoms with Crippen LogP contribution in [0.1, 0.15) is 23.7 Å². The lowest BCUT2D eigenvalue weighted by Gasteiger charge is -2.18. The quantitative estimate of drug-likeness (QED) is 0.609. The van der Waals surface area contributed by atoms with Gasteiger partial charge in [0, 0.05) is 41.6 Å². The average molecular weight is 414 g/mol. The van der Waals surface area contributed by atoms with E-state index in [-0.39, 0.29) is 11.8 Å². The van der Waals surface area contributed by atoms with Crippen molar-refractivity contribution in [3.8, 4) is 23.0 Å². The van der Waals surface area contributed by atoms with Crippen molar-refractivity contribution in [3.63, 3.8) is 0 Å². The zero-order valence-electron chi connectivity index (χ0n) is 16.1. The SMILES string of the molecule is COc1ccc(OC)c(CN2CC(c3noc(-c4cccc(Cl)c4)n3)CC2=O)c1. The van der Waals surface area contributed by atoms with Gasteiger partial charge in [0.05, 0.1) is 14.2 Å². The van der Waals surface area contributed by atoms with E-state index >= 15 is 0 Å². The molecule has 1 unspecified atom stereocenters. The Hall–Kier alpha value is -3.06. The van der Waals surface area contributed by atoms with Crippen LogP contribution in [-0.4, -0.2) is 41.7 Å². The first-order valence-corrected chi connectivity index (χ1v) is 9.53. The maximum atomic E-state index is 12.6. The summed E-state index contributed by atoms with van der Waals surface area (Å²) in [6, 6.07) is 12.8. The second-order valence-electron chi connectivity index (χ2n) is 6.82. The van der Waals surface area contributed by atoms with Crippen molar-refractivity contribution in [2.24, 2.45) is 0 Å². The van der Waals surface area contributed by atoms with Gasteiger partial charge in [0.2, 0.25) is 5.91 Å². The molecule has 0 saturated carbocycles. The van der Waals surface area contributed by atoms with Crippen LogP contribution in [0, 0.1) is 0 Å². The largest absolute Gasteiger partial charge is 0.497 e. The number of amides is 1. The molecule has 1 aromatic heterocycles. The molecule has 0 bridgehead atoms. The smallest absolute Gasteiger partial charge is 0.257 e. The molecule has 4 rings (SSSR count). The van der Waals surface area contributed by atoms with E-state index < -0.39 is 0 Å². The van der Waals surface area contributed by atoms with Crippen LogP contribution in [0.3, 0.4) is 0 Å². The number of benzene rings is 2. The number of halogens is 1. The summed E-state index contributed by atoms with van der Waals surface area (Å²) in [5, 5.41) is 4.68. The maximum Gasteiger partial charge on any atom is 0.257 e. The molecule has 0 N–H and O–H groups in total. The van der Waals surface area contributed by atoms with Crippen LogP contribution < -0.4 is 9.47 Å². The van der Waals surface area contributed by atoms with Gasteiger partial charge in [-0.05, 0) is 36.4 Å². The minimum Gasteiger partial charge on any atom is -0.497 e. The fourth-order valence-electron chi connectivity index (χ4n) is 3.45. The Morgan fingerprint density at radius 3 is 2.83 bits per heavy atom. The van der Waals surface area contributed by atoms with Gasteiger partial charge in [-0.1, -0.05) is 22.8 Å². The number of hydrogen-bond donors (Lipinski definition) is 0. The lowest BCUT2D eigenvalue weighted by Crippen LogP contribution is -2.24. The molecule has 0 radical (unpaired) electrons. The van der Waals surface area contributed by atoms with Crippen molar-refractivity contribution in [1.29, 1.82) is 0 Å². The molecule has 1 aliphatic heterocycles. The van der Waals surface area contributed by atoms with E-state index in [1.165, 1.54) is 0 Å². The number of carbonyl (C=O) groups excluding carboxylic acids is 1. The summed E-state index contributed by atoms with van der Waals surface area (Å²) in [4.78, 5) is 18.8. The van der Waals surface area contributed by atoms with Crippen molar-refractivity contribution in [2.75, 3.05) is 20.8 Å². The monoisotopic (exact) mass is 413 g/mol. The second kappa shape index (κ2) is 8.13. The number of nitrogens with zero attached hydrogens (tertiary/aromatic N) is 3. The highest BCUT2D eigenvalue weighted by Crippen LogP contribution is 2.32. The van der Waals surface area contributed by atoms with Crippen LogP contribution in [0.15, 0.2) is 47.0 Å². The third kappa shape index (κ3) is 4.05. The van der Waals surface area contributed by atoms with Crippen LogP contribution in [0.25, 0.3) is 11.5 Å². The molecule has 29 heavy (non-hydrogen) atoms. The Labute approximate surface area is 173 Å². The molecule has 2 aromatic carbocycles. The van der Waals surface area contributed by atoms with Gasteiger partial charge in [0.1, 0.15) is 11.5 Å². The molecule has 1 atom stereocenters. The fourth-order valence-corrected chi connectivity index (χ4v) is 3.64. The summed E-state index contributed by atoms with van der Waals surface area (Å²) in [5.74, 6) is 2.25. The first kappa shape index (κ1) is 19.3. The highest BCUT2D eigenvalue weighted by atomic mass is 35.5. The van der Waals surface area contributed by atoms with Gasteiger partial charge in [-0.3, -0.25) is 4.79 Å². The van der Waals surface area contributed by atoms with Gasteiger partial charge >= 0.3 is 0 Å². The number of methoxy groups -OCH3 is 2. The maximum absolute atomic E-state index is 12.6. The molecule has 1 amide bonds. The predicted molar refractivity (Wildman–Crippen MR) is 107 cm³/mol. The molecular weight excluding hydrogens is 394 g/mol. The summed E-state index contributed by atoms with van der Waals surface area (Å²) >= 11 is 6.03. The standard InChI is InChI=1S/C21H20ClN3O4/c1-27-17-6-7-18(28-2)14(9-17)11-25-12-15(10-19(25)26)20-23-21(29-24-20)13-4-3-5-16(22)8-13/h3-9,15H,10-12H2,1-2H3. The second-order valence-corrected chi connectivity index (χ2v) is 7.26. The van der Waals surface area contributed by atoms with E-state index in [0.717, 1.165) is 11.1 Å². The number of aromatic nitrogens is 2. The third-order valence-electron chi connectivity index (χ3n) is 4.94. The van der Waals surface area contributed by atoms with Crippen LogP contribution in [0.5, 0.6) is 11.5 Å². The number of carbonyl (C=O) groups is 1. The molecule has 150 valence electrons. The summed E-state index contributed by atoms with van der Waals surface area (Å²) in [6.45, 7) is 0.933. The third-order valence-corrected chi connectivity index (χ3v) is 5.18. The van der Waals surface area contributed by atoms with Gasteiger partial charge in [0.25, 0.3) is 5.89 Å². The predicted octanol–water partition coefficient (Wildman–Crippen LogP) is 3.92. The van der Waals surface area contributed by atoms with Crippen LogP contribution in [0.4, 0.5) is 0 Å². The minimum atomic E-state index is -0.129. The normalized spacial score (nSPS) is 16.3. The lowest BCUT2D eigenvalue weighted by molar-refractivity contribution is -0.128. The van der Waals surface area contributed by atoms with Gasteiger partial charge in [0.15, 0.2) is 5.82 Å². The summed E-state index contributed by atoms with van der Waals surface area (Å²) in [7, 11) is 3.22. The average Bonchev–Trinajstić information content (AvgIpc) is 3.35. The molecular formula is C21H20ClN3O4. The van der Waals surface area contributed by atoms with Crippen molar-refractivity contribution >= 4 is 17.5 Å². The first-order valence-electron chi connectivity index (χ1n) is 9.15. The number of likely N-dealkylation sites (tertiary alicyclic amines) is 1. The Bertz CT molecular complexity index is 1040. The first-order chi connectivity index (χ1) is 14.1. The molecule has 2 heterocycles. The van der Waals surface area contributed by atoms with E-state index in [0.29, 0.717) is 47.7 Å². The molecule has 1 saturated heterocycles. The van der Waals surface area contributed by atoms with Crippen molar-refractivity contribution in [1.82, 2.24) is 15.0 Å². The lowest BCUT2D eigenvalue weighted by atomic mass is 10.1. The van der Waals surface area contributed by atoms with Gasteiger partial charge in [-0.25, -0.2) is 0 Å². The highest BCUT2D eigenvalue weighted by Gasteiger charge is 2.34. The van der Waals surface area contributed by atoms with Gasteiger partial charge in [-0.15, -0.1) is 0 Å². The Morgan fingerprint density at radius 2 is 2.07 bits per heavy atom. The summed E-state index contributed by atoms with van der Waals surface area (Å²) in [6.07, 6.45) is 0.334. The van der Waals surface area contributed by atoms with E-state index in [1.54, 1.807) is 31.3 Å². The van der Waals surface area contributed by atoms with Crippen molar-refractivity contribution in [3.05, 3.63) is 58.9 Å². The molecule has 0 spiro atoms. The topological polar surface area (TPSA) is 77.7 Å². The van der Waals surface area contributed by atoms with Crippen LogP contribution in [-0.2, 0) is 11.3 Å². The molecule has 1 aliphatic rings. The molecule has 8 heteroatoms. The number of hydrogen-bond acceptors (Lipinski definition) is 6. The fraction of sp³-hybridized carbons (Fsp3) is 0.286. The van der Waals surface area contributed by atoms with E-state index in [4.69, 9.17) is 25.6 Å².